The van der Waals surface area contributed by atoms with Gasteiger partial charge < -0.3 is 57.2 Å². The third kappa shape index (κ3) is 18.4. The normalized spacial score (nSPS) is 10.2. The molecule has 2 aromatic rings. The van der Waals surface area contributed by atoms with Gasteiger partial charge in [0.25, 0.3) is 0 Å². The van der Waals surface area contributed by atoms with Gasteiger partial charge in [0.05, 0.1) is 11.4 Å². The summed E-state index contributed by atoms with van der Waals surface area (Å²) >= 11 is 0. The molecule has 0 bridgehead atoms. The zero-order valence-corrected chi connectivity index (χ0v) is 31.8. The molecule has 0 aliphatic heterocycles. The lowest BCUT2D eigenvalue weighted by Crippen LogP contribution is -2.37. The standard InChI is InChI=1S/C36H44N2O18/c1-23-7-9-31(29(13-23)37(15-33(43)53-19-49-25(3)39)16-34(44)54-20-50-26(4)40)47-11-12-48-32-10-8-24(2)14-30(32)38(17-35(45)55-21-51-27(5)41)18-36(46)56-22-52-28(6)42/h7-10,13-14H,11-12,15-22H2,1-6H3. The summed E-state index contributed by atoms with van der Waals surface area (Å²) in [5, 5.41) is 0. The summed E-state index contributed by atoms with van der Waals surface area (Å²) in [5.74, 6) is -5.76. The third-order valence-corrected chi connectivity index (χ3v) is 6.72. The van der Waals surface area contributed by atoms with Gasteiger partial charge in [0.2, 0.25) is 27.2 Å². The fourth-order valence-electron chi connectivity index (χ4n) is 4.27. The zero-order valence-electron chi connectivity index (χ0n) is 31.8. The van der Waals surface area contributed by atoms with E-state index < -0.39 is 101 Å². The van der Waals surface area contributed by atoms with Crippen LogP contribution in [0.15, 0.2) is 36.4 Å². The first kappa shape index (κ1) is 45.6. The molecule has 0 fully saturated rings. The SMILES string of the molecule is CC(=O)OCOC(=O)CN(CC(=O)OCOC(C)=O)c1cc(C)ccc1OCCOc1ccc(C)cc1N(CC(=O)OCOC(C)=O)CC(=O)OCOC(C)=O. The van der Waals surface area contributed by atoms with Gasteiger partial charge in [-0.05, 0) is 49.2 Å². The maximum atomic E-state index is 12.7. The van der Waals surface area contributed by atoms with E-state index in [1.165, 1.54) is 9.80 Å². The van der Waals surface area contributed by atoms with Crippen LogP contribution in [0.5, 0.6) is 11.5 Å². The molecule has 0 aliphatic rings. The van der Waals surface area contributed by atoms with Crippen LogP contribution in [-0.4, -0.2) is 114 Å². The van der Waals surface area contributed by atoms with Gasteiger partial charge in [0.15, 0.2) is 0 Å². The van der Waals surface area contributed by atoms with Gasteiger partial charge in [-0.3, -0.25) is 38.4 Å². The Kier molecular flexibility index (Phi) is 19.5. The smallest absolute Gasteiger partial charge is 0.328 e. The minimum Gasteiger partial charge on any atom is -0.488 e. The number of aryl methyl sites for hydroxylation is 2. The highest BCUT2D eigenvalue weighted by Gasteiger charge is 2.23. The summed E-state index contributed by atoms with van der Waals surface area (Å²) in [7, 11) is 0. The second kappa shape index (κ2) is 23.9. The maximum absolute atomic E-state index is 12.7. The molecular weight excluding hydrogens is 748 g/mol. The second-order valence-corrected chi connectivity index (χ2v) is 11.4. The number of ether oxygens (including phenoxy) is 10. The van der Waals surface area contributed by atoms with E-state index in [0.717, 1.165) is 38.8 Å². The van der Waals surface area contributed by atoms with Crippen molar-refractivity contribution < 1.29 is 85.7 Å². The summed E-state index contributed by atoms with van der Waals surface area (Å²) < 4.78 is 50.5. The van der Waals surface area contributed by atoms with Gasteiger partial charge in [0, 0.05) is 27.7 Å². The van der Waals surface area contributed by atoms with Crippen LogP contribution in [0.2, 0.25) is 0 Å². The van der Waals surface area contributed by atoms with Crippen LogP contribution in [0, 0.1) is 13.8 Å². The Labute approximate surface area is 321 Å². The molecule has 0 N–H and O–H groups in total. The van der Waals surface area contributed by atoms with Gasteiger partial charge in [0.1, 0.15) is 50.9 Å². The molecule has 2 rings (SSSR count). The molecule has 0 aliphatic carbocycles. The minimum absolute atomic E-state index is 0.111. The van der Waals surface area contributed by atoms with Crippen LogP contribution in [0.1, 0.15) is 38.8 Å². The average molecular weight is 793 g/mol. The lowest BCUT2D eigenvalue weighted by Gasteiger charge is -2.26. The van der Waals surface area contributed by atoms with E-state index in [1.54, 1.807) is 50.2 Å². The molecular formula is C36H44N2O18. The molecule has 0 unspecified atom stereocenters. The monoisotopic (exact) mass is 792 g/mol. The van der Waals surface area contributed by atoms with Crippen LogP contribution in [-0.2, 0) is 76.3 Å². The molecule has 2 aromatic carbocycles. The number of rotatable bonds is 23. The summed E-state index contributed by atoms with van der Waals surface area (Å²) in [6.45, 7) is 3.13. The highest BCUT2D eigenvalue weighted by molar-refractivity contribution is 5.84. The molecule has 0 spiro atoms. The largest absolute Gasteiger partial charge is 0.488 e. The molecule has 56 heavy (non-hydrogen) atoms. The molecule has 0 amide bonds. The molecule has 20 nitrogen and oxygen atoms in total. The Morgan fingerprint density at radius 1 is 0.429 bits per heavy atom. The first-order valence-corrected chi connectivity index (χ1v) is 16.7. The number of nitrogens with zero attached hydrogens (tertiary/aromatic N) is 2. The van der Waals surface area contributed by atoms with E-state index in [9.17, 15) is 38.4 Å². The van der Waals surface area contributed by atoms with Crippen molar-refractivity contribution in [1.82, 2.24) is 0 Å². The second-order valence-electron chi connectivity index (χ2n) is 11.4. The fourth-order valence-corrected chi connectivity index (χ4v) is 4.27. The summed E-state index contributed by atoms with van der Waals surface area (Å²) in [4.78, 5) is 97.7. The Bertz CT molecular complexity index is 1520. The number of anilines is 2. The third-order valence-electron chi connectivity index (χ3n) is 6.72. The lowest BCUT2D eigenvalue weighted by molar-refractivity contribution is -0.167. The first-order chi connectivity index (χ1) is 26.5. The van der Waals surface area contributed by atoms with E-state index in [4.69, 9.17) is 28.4 Å². The molecule has 306 valence electrons. The van der Waals surface area contributed by atoms with Crippen molar-refractivity contribution in [3.63, 3.8) is 0 Å². The topological polar surface area (TPSA) is 235 Å². The average Bonchev–Trinajstić information content (AvgIpc) is 3.09. The molecule has 0 saturated heterocycles. The highest BCUT2D eigenvalue weighted by atomic mass is 16.7. The van der Waals surface area contributed by atoms with Gasteiger partial charge in [-0.15, -0.1) is 0 Å². The van der Waals surface area contributed by atoms with E-state index in [-0.39, 0.29) is 36.1 Å². The predicted octanol–water partition coefficient (Wildman–Crippen LogP) is 1.63. The number of hydrogen-bond acceptors (Lipinski definition) is 20. The van der Waals surface area contributed by atoms with Crippen LogP contribution < -0.4 is 19.3 Å². The lowest BCUT2D eigenvalue weighted by atomic mass is 10.2. The fraction of sp³-hybridized carbons (Fsp3) is 0.444. The first-order valence-electron chi connectivity index (χ1n) is 16.7. The van der Waals surface area contributed by atoms with E-state index in [0.29, 0.717) is 0 Å². The molecule has 20 heteroatoms. The van der Waals surface area contributed by atoms with Crippen LogP contribution in [0.4, 0.5) is 11.4 Å². The number of benzene rings is 2. The van der Waals surface area contributed by atoms with Crippen molar-refractivity contribution in [2.45, 2.75) is 41.5 Å². The number of esters is 8. The summed E-state index contributed by atoms with van der Waals surface area (Å²) in [6.07, 6.45) is 0. The predicted molar refractivity (Wildman–Crippen MR) is 189 cm³/mol. The van der Waals surface area contributed by atoms with Crippen molar-refractivity contribution in [3.8, 4) is 11.5 Å². The van der Waals surface area contributed by atoms with E-state index in [1.807, 2.05) is 0 Å². The summed E-state index contributed by atoms with van der Waals surface area (Å²) in [5.41, 5.74) is 1.97. The minimum atomic E-state index is -0.864. The Hall–Kier alpha value is -6.60. The van der Waals surface area contributed by atoms with E-state index in [2.05, 4.69) is 18.9 Å². The van der Waals surface area contributed by atoms with Gasteiger partial charge in [-0.25, -0.2) is 0 Å². The van der Waals surface area contributed by atoms with Gasteiger partial charge in [-0.1, -0.05) is 12.1 Å². The zero-order chi connectivity index (χ0) is 41.6. The highest BCUT2D eigenvalue weighted by Crippen LogP contribution is 2.32. The Morgan fingerprint density at radius 2 is 0.696 bits per heavy atom. The van der Waals surface area contributed by atoms with Crippen LogP contribution in [0.25, 0.3) is 0 Å². The number of carbonyl (C=O) groups excluding carboxylic acids is 8. The molecule has 0 heterocycles. The van der Waals surface area contributed by atoms with Crippen molar-refractivity contribution in [2.24, 2.45) is 0 Å². The van der Waals surface area contributed by atoms with Crippen LogP contribution in [0.3, 0.4) is 0 Å². The number of carbonyl (C=O) groups is 8. The maximum Gasteiger partial charge on any atom is 0.328 e. The molecule has 0 aromatic heterocycles. The Morgan fingerprint density at radius 3 is 0.946 bits per heavy atom. The van der Waals surface area contributed by atoms with Gasteiger partial charge in [-0.2, -0.15) is 0 Å². The van der Waals surface area contributed by atoms with Crippen molar-refractivity contribution in [3.05, 3.63) is 47.5 Å². The molecule has 0 atom stereocenters. The van der Waals surface area contributed by atoms with Crippen LogP contribution >= 0.6 is 0 Å². The molecule has 0 radical (unpaired) electrons. The van der Waals surface area contributed by atoms with Crippen molar-refractivity contribution >= 4 is 59.1 Å². The quantitative estimate of drug-likeness (QED) is 0.0673. The van der Waals surface area contributed by atoms with Crippen molar-refractivity contribution in [1.29, 1.82) is 0 Å². The number of hydrogen-bond donors (Lipinski definition) is 0. The molecule has 0 saturated carbocycles. The van der Waals surface area contributed by atoms with Gasteiger partial charge >= 0.3 is 47.8 Å². The Balaban J connectivity index is 2.28. The summed E-state index contributed by atoms with van der Waals surface area (Å²) in [6, 6.07) is 9.87. The van der Waals surface area contributed by atoms with E-state index >= 15 is 0 Å². The van der Waals surface area contributed by atoms with Crippen molar-refractivity contribution in [2.75, 3.05) is 76.4 Å².